The maximum absolute atomic E-state index is 11.9. The number of amides is 1. The number of thiophene rings is 1. The number of guanidine groups is 1. The van der Waals surface area contributed by atoms with Crippen molar-refractivity contribution in [1.82, 2.24) is 20.9 Å². The number of likely N-dealkylation sites (tertiary alicyclic amines) is 1. The molecule has 2 rings (SSSR count). The van der Waals surface area contributed by atoms with Crippen LogP contribution in [-0.2, 0) is 4.79 Å². The van der Waals surface area contributed by atoms with E-state index >= 15 is 0 Å². The van der Waals surface area contributed by atoms with E-state index in [4.69, 9.17) is 4.99 Å². The van der Waals surface area contributed by atoms with Crippen LogP contribution in [-0.4, -0.2) is 62.1 Å². The molecule has 2 heterocycles. The molecule has 1 aliphatic rings. The predicted molar refractivity (Wildman–Crippen MR) is 130 cm³/mol. The van der Waals surface area contributed by atoms with Crippen molar-refractivity contribution in [2.24, 2.45) is 4.99 Å². The number of hydrogen-bond donors (Lipinski definition) is 3. The van der Waals surface area contributed by atoms with Gasteiger partial charge in [0.15, 0.2) is 5.96 Å². The molecule has 0 saturated carbocycles. The van der Waals surface area contributed by atoms with Gasteiger partial charge in [0.2, 0.25) is 5.91 Å². The summed E-state index contributed by atoms with van der Waals surface area (Å²) in [5.41, 5.74) is 0. The van der Waals surface area contributed by atoms with E-state index in [0.717, 1.165) is 57.9 Å². The average molecular weight is 522 g/mol. The van der Waals surface area contributed by atoms with Gasteiger partial charge in [-0.05, 0) is 37.6 Å². The minimum atomic E-state index is 0. The van der Waals surface area contributed by atoms with Gasteiger partial charge in [-0.15, -0.1) is 35.3 Å². The molecule has 28 heavy (non-hydrogen) atoms. The van der Waals surface area contributed by atoms with E-state index in [1.165, 1.54) is 4.88 Å². The molecule has 1 atom stereocenters. The molecule has 0 spiro atoms. The monoisotopic (exact) mass is 521 g/mol. The van der Waals surface area contributed by atoms with E-state index in [2.05, 4.69) is 59.1 Å². The second-order valence-corrected chi connectivity index (χ2v) is 8.16. The molecule has 6 nitrogen and oxygen atoms in total. The van der Waals surface area contributed by atoms with Crippen molar-refractivity contribution in [2.75, 3.05) is 39.3 Å². The third-order valence-corrected chi connectivity index (χ3v) is 5.87. The molecule has 1 aromatic heterocycles. The molecule has 160 valence electrons. The molecule has 0 radical (unpaired) electrons. The van der Waals surface area contributed by atoms with Crippen molar-refractivity contribution < 1.29 is 4.79 Å². The van der Waals surface area contributed by atoms with Gasteiger partial charge < -0.3 is 16.0 Å². The Bertz CT molecular complexity index is 573. The Morgan fingerprint density at radius 1 is 1.32 bits per heavy atom. The van der Waals surface area contributed by atoms with E-state index in [-0.39, 0.29) is 29.9 Å². The zero-order chi connectivity index (χ0) is 19.5. The zero-order valence-corrected chi connectivity index (χ0v) is 20.5. The van der Waals surface area contributed by atoms with E-state index in [0.29, 0.717) is 18.5 Å². The van der Waals surface area contributed by atoms with Crippen LogP contribution in [0.5, 0.6) is 0 Å². The fourth-order valence-corrected chi connectivity index (χ4v) is 3.94. The number of piperidine rings is 1. The quantitative estimate of drug-likeness (QED) is 0.266. The number of nitrogens with one attached hydrogen (secondary N) is 3. The van der Waals surface area contributed by atoms with E-state index in [1.807, 2.05) is 0 Å². The Morgan fingerprint density at radius 2 is 2.07 bits per heavy atom. The summed E-state index contributed by atoms with van der Waals surface area (Å²) in [5.74, 6) is 1.48. The van der Waals surface area contributed by atoms with Crippen LogP contribution in [0, 0.1) is 0 Å². The predicted octanol–water partition coefficient (Wildman–Crippen LogP) is 3.02. The molecule has 0 aliphatic carbocycles. The van der Waals surface area contributed by atoms with Gasteiger partial charge in [0.1, 0.15) is 0 Å². The van der Waals surface area contributed by atoms with Crippen LogP contribution < -0.4 is 16.0 Å². The van der Waals surface area contributed by atoms with Crippen LogP contribution in [0.25, 0.3) is 0 Å². The maximum Gasteiger partial charge on any atom is 0.234 e. The maximum atomic E-state index is 11.9. The number of carbonyl (C=O) groups excluding carboxylic acids is 1. The highest BCUT2D eigenvalue weighted by molar-refractivity contribution is 14.0. The summed E-state index contributed by atoms with van der Waals surface area (Å²) in [6.07, 6.45) is 3.05. The van der Waals surface area contributed by atoms with Gasteiger partial charge in [-0.3, -0.25) is 14.7 Å². The second kappa shape index (κ2) is 14.2. The average Bonchev–Trinajstić information content (AvgIpc) is 3.21. The molecule has 1 saturated heterocycles. The van der Waals surface area contributed by atoms with Crippen molar-refractivity contribution in [2.45, 2.75) is 52.0 Å². The molecular formula is C20H36IN5OS. The van der Waals surface area contributed by atoms with E-state index < -0.39 is 0 Å². The Kier molecular flexibility index (Phi) is 12.7. The lowest BCUT2D eigenvalue weighted by atomic mass is 10.1. The minimum absolute atomic E-state index is 0. The first-order chi connectivity index (χ1) is 13.1. The van der Waals surface area contributed by atoms with Crippen LogP contribution in [0.15, 0.2) is 22.5 Å². The van der Waals surface area contributed by atoms with Gasteiger partial charge >= 0.3 is 0 Å². The summed E-state index contributed by atoms with van der Waals surface area (Å²) >= 11 is 1.79. The van der Waals surface area contributed by atoms with Crippen molar-refractivity contribution in [1.29, 1.82) is 0 Å². The number of aliphatic imine (C=N–C) groups is 1. The molecule has 1 fully saturated rings. The molecular weight excluding hydrogens is 485 g/mol. The van der Waals surface area contributed by atoms with E-state index in [9.17, 15) is 4.79 Å². The molecule has 1 amide bonds. The number of rotatable bonds is 9. The van der Waals surface area contributed by atoms with Crippen LogP contribution in [0.2, 0.25) is 0 Å². The lowest BCUT2D eigenvalue weighted by molar-refractivity contribution is -0.122. The number of halogens is 1. The second-order valence-electron chi connectivity index (χ2n) is 7.18. The first-order valence-corrected chi connectivity index (χ1v) is 11.1. The topological polar surface area (TPSA) is 68.8 Å². The molecule has 1 aliphatic heterocycles. The molecule has 0 aromatic carbocycles. The summed E-state index contributed by atoms with van der Waals surface area (Å²) in [5, 5.41) is 12.0. The van der Waals surface area contributed by atoms with Gasteiger partial charge in [0.05, 0.1) is 13.1 Å². The summed E-state index contributed by atoms with van der Waals surface area (Å²) < 4.78 is 0. The summed E-state index contributed by atoms with van der Waals surface area (Å²) in [7, 11) is 0. The van der Waals surface area contributed by atoms with Crippen molar-refractivity contribution >= 4 is 47.2 Å². The third-order valence-electron chi connectivity index (χ3n) is 4.76. The fraction of sp³-hybridized carbons (Fsp3) is 0.700. The number of nitrogens with zero attached hydrogens (tertiary/aromatic N) is 2. The third kappa shape index (κ3) is 9.09. The Balaban J connectivity index is 0.00000392. The Morgan fingerprint density at radius 3 is 2.68 bits per heavy atom. The van der Waals surface area contributed by atoms with Gasteiger partial charge in [-0.1, -0.05) is 19.9 Å². The molecule has 8 heteroatoms. The highest BCUT2D eigenvalue weighted by Crippen LogP contribution is 2.20. The zero-order valence-electron chi connectivity index (χ0n) is 17.4. The standard InChI is InChI=1S/C20H35N5OS.HI/c1-4-10-22-19(26)15-25-11-8-17(9-12-25)24-20(21-5-2)23-14-16(3)18-7-6-13-27-18;/h6-7,13,16-17H,4-5,8-12,14-15H2,1-3H3,(H,22,26)(H2,21,23,24);1H. The van der Waals surface area contributed by atoms with Crippen molar-refractivity contribution in [3.63, 3.8) is 0 Å². The van der Waals surface area contributed by atoms with Gasteiger partial charge in [-0.25, -0.2) is 0 Å². The SMILES string of the molecule is CCCNC(=O)CN1CCC(NC(=NCC(C)c2cccs2)NCC)CC1.I. The Hall–Kier alpha value is -0.870. The highest BCUT2D eigenvalue weighted by atomic mass is 127. The van der Waals surface area contributed by atoms with Gasteiger partial charge in [-0.2, -0.15) is 0 Å². The lowest BCUT2D eigenvalue weighted by Gasteiger charge is -2.32. The van der Waals surface area contributed by atoms with Gasteiger partial charge in [0.25, 0.3) is 0 Å². The lowest BCUT2D eigenvalue weighted by Crippen LogP contribution is -2.50. The van der Waals surface area contributed by atoms with E-state index in [1.54, 1.807) is 11.3 Å². The largest absolute Gasteiger partial charge is 0.357 e. The molecule has 1 unspecified atom stereocenters. The number of hydrogen-bond acceptors (Lipinski definition) is 4. The van der Waals surface area contributed by atoms with Gasteiger partial charge in [0, 0.05) is 43.0 Å². The summed E-state index contributed by atoms with van der Waals surface area (Å²) in [6, 6.07) is 4.69. The van der Waals surface area contributed by atoms with Crippen molar-refractivity contribution in [3.05, 3.63) is 22.4 Å². The first-order valence-electron chi connectivity index (χ1n) is 10.2. The minimum Gasteiger partial charge on any atom is -0.357 e. The van der Waals surface area contributed by atoms with Crippen molar-refractivity contribution in [3.8, 4) is 0 Å². The van der Waals surface area contributed by atoms with Crippen LogP contribution in [0.1, 0.15) is 50.8 Å². The highest BCUT2D eigenvalue weighted by Gasteiger charge is 2.21. The fourth-order valence-electron chi connectivity index (χ4n) is 3.16. The normalized spacial score (nSPS) is 16.9. The van der Waals surface area contributed by atoms with Crippen LogP contribution >= 0.6 is 35.3 Å². The summed E-state index contributed by atoms with van der Waals surface area (Å²) in [4.78, 5) is 20.3. The molecule has 1 aromatic rings. The van der Waals surface area contributed by atoms with Crippen LogP contribution in [0.3, 0.4) is 0 Å². The van der Waals surface area contributed by atoms with Crippen LogP contribution in [0.4, 0.5) is 0 Å². The Labute approximate surface area is 191 Å². The summed E-state index contributed by atoms with van der Waals surface area (Å²) in [6.45, 7) is 11.2. The molecule has 3 N–H and O–H groups in total. The molecule has 0 bridgehead atoms. The number of carbonyl (C=O) groups is 1. The smallest absolute Gasteiger partial charge is 0.234 e. The first kappa shape index (κ1) is 25.2.